The molecule has 0 aliphatic rings. The van der Waals surface area contributed by atoms with Crippen LogP contribution in [0.25, 0.3) is 5.69 Å². The summed E-state index contributed by atoms with van der Waals surface area (Å²) in [5.74, 6) is 0.375. The summed E-state index contributed by atoms with van der Waals surface area (Å²) >= 11 is 5.93. The molecule has 0 radical (unpaired) electrons. The molecule has 0 aliphatic carbocycles. The van der Waals surface area contributed by atoms with E-state index in [0.717, 1.165) is 5.69 Å². The number of hydrogen-bond acceptors (Lipinski definition) is 3. The maximum absolute atomic E-state index is 5.93. The number of aromatic nitrogens is 3. The topological polar surface area (TPSA) is 56.7 Å². The van der Waals surface area contributed by atoms with Crippen molar-refractivity contribution in [2.45, 2.75) is 0 Å². The van der Waals surface area contributed by atoms with E-state index in [1.165, 1.54) is 11.0 Å². The lowest BCUT2D eigenvalue weighted by Crippen LogP contribution is -1.99. The van der Waals surface area contributed by atoms with Gasteiger partial charge in [0.05, 0.1) is 11.2 Å². The minimum Gasteiger partial charge on any atom is -0.381 e. The van der Waals surface area contributed by atoms with Crippen molar-refractivity contribution < 1.29 is 0 Å². The number of para-hydroxylation sites is 1. The van der Waals surface area contributed by atoms with Crippen molar-refractivity contribution in [3.8, 4) is 5.69 Å². The molecule has 2 rings (SSSR count). The fraction of sp³-hybridized carbons (Fsp3) is 0. The van der Waals surface area contributed by atoms with Gasteiger partial charge in [0, 0.05) is 0 Å². The maximum atomic E-state index is 5.93. The molecule has 0 atom stereocenters. The van der Waals surface area contributed by atoms with Gasteiger partial charge < -0.3 is 5.73 Å². The van der Waals surface area contributed by atoms with Crippen molar-refractivity contribution in [2.24, 2.45) is 0 Å². The van der Waals surface area contributed by atoms with Crippen molar-refractivity contribution in [3.05, 3.63) is 35.5 Å². The normalized spacial score (nSPS) is 10.2. The Bertz CT molecular complexity index is 424. The Morgan fingerprint density at radius 3 is 2.69 bits per heavy atom. The van der Waals surface area contributed by atoms with E-state index in [2.05, 4.69) is 10.2 Å². The van der Waals surface area contributed by atoms with Crippen LogP contribution in [0.2, 0.25) is 5.02 Å². The van der Waals surface area contributed by atoms with Crippen molar-refractivity contribution in [3.63, 3.8) is 0 Å². The molecule has 0 bridgehead atoms. The summed E-state index contributed by atoms with van der Waals surface area (Å²) in [4.78, 5) is 1.40. The zero-order valence-corrected chi connectivity index (χ0v) is 7.44. The number of benzene rings is 1. The highest BCUT2D eigenvalue weighted by atomic mass is 35.5. The van der Waals surface area contributed by atoms with E-state index in [-0.39, 0.29) is 0 Å². The zero-order chi connectivity index (χ0) is 9.26. The average Bonchev–Trinajstić information content (AvgIpc) is 2.53. The summed E-state index contributed by atoms with van der Waals surface area (Å²) in [7, 11) is 0. The quantitative estimate of drug-likeness (QED) is 0.749. The third-order valence-electron chi connectivity index (χ3n) is 1.58. The van der Waals surface area contributed by atoms with Gasteiger partial charge in [0.2, 0.25) is 0 Å². The lowest BCUT2D eigenvalue weighted by Gasteiger charge is -2.00. The summed E-state index contributed by atoms with van der Waals surface area (Å²) in [5, 5.41) is 8.48. The standard InChI is InChI=1S/C8H7ClN4/c9-6-3-1-2-4-7(6)13-11-5-8(10)12-13/h1-5H,(H2,10,12). The number of rotatable bonds is 1. The fourth-order valence-electron chi connectivity index (χ4n) is 1.00. The Hall–Kier alpha value is -1.55. The SMILES string of the molecule is Nc1cnn(-c2ccccc2Cl)n1. The Morgan fingerprint density at radius 1 is 1.31 bits per heavy atom. The van der Waals surface area contributed by atoms with Crippen LogP contribution in [0.15, 0.2) is 30.5 Å². The van der Waals surface area contributed by atoms with Crippen LogP contribution in [0.4, 0.5) is 5.82 Å². The monoisotopic (exact) mass is 194 g/mol. The van der Waals surface area contributed by atoms with Crippen LogP contribution in [-0.4, -0.2) is 15.0 Å². The number of halogens is 1. The van der Waals surface area contributed by atoms with Gasteiger partial charge in [-0.2, -0.15) is 5.10 Å². The number of nitrogens with two attached hydrogens (primary N) is 1. The molecule has 0 saturated carbocycles. The van der Waals surface area contributed by atoms with E-state index in [0.29, 0.717) is 10.8 Å². The van der Waals surface area contributed by atoms with Crippen LogP contribution in [0, 0.1) is 0 Å². The molecule has 0 aliphatic heterocycles. The van der Waals surface area contributed by atoms with Gasteiger partial charge in [-0.1, -0.05) is 23.7 Å². The Morgan fingerprint density at radius 2 is 2.08 bits per heavy atom. The largest absolute Gasteiger partial charge is 0.381 e. The van der Waals surface area contributed by atoms with Crippen LogP contribution >= 0.6 is 11.6 Å². The molecule has 0 spiro atoms. The molecule has 0 saturated heterocycles. The summed E-state index contributed by atoms with van der Waals surface area (Å²) in [5.41, 5.74) is 6.15. The van der Waals surface area contributed by atoms with Gasteiger partial charge in [-0.25, -0.2) is 0 Å². The van der Waals surface area contributed by atoms with Crippen LogP contribution in [0.1, 0.15) is 0 Å². The highest BCUT2D eigenvalue weighted by molar-refractivity contribution is 6.32. The molecule has 2 N–H and O–H groups in total. The predicted octanol–water partition coefficient (Wildman–Crippen LogP) is 1.50. The van der Waals surface area contributed by atoms with Gasteiger partial charge >= 0.3 is 0 Å². The molecule has 5 heteroatoms. The molecular formula is C8H7ClN4. The predicted molar refractivity (Wildman–Crippen MR) is 50.8 cm³/mol. The molecule has 1 aromatic carbocycles. The van der Waals surface area contributed by atoms with Crippen molar-refractivity contribution >= 4 is 17.4 Å². The number of nitrogens with zero attached hydrogens (tertiary/aromatic N) is 3. The third-order valence-corrected chi connectivity index (χ3v) is 1.90. The lowest BCUT2D eigenvalue weighted by molar-refractivity contribution is 0.754. The number of nitrogen functional groups attached to an aromatic ring is 1. The van der Waals surface area contributed by atoms with Crippen molar-refractivity contribution in [1.29, 1.82) is 0 Å². The first kappa shape index (κ1) is 8.07. The molecule has 0 unspecified atom stereocenters. The number of hydrogen-bond donors (Lipinski definition) is 1. The molecule has 66 valence electrons. The van der Waals surface area contributed by atoms with E-state index in [1.807, 2.05) is 18.2 Å². The van der Waals surface area contributed by atoms with Crippen LogP contribution in [0.5, 0.6) is 0 Å². The van der Waals surface area contributed by atoms with Crippen LogP contribution in [-0.2, 0) is 0 Å². The molecule has 0 amide bonds. The van der Waals surface area contributed by atoms with E-state index in [1.54, 1.807) is 6.07 Å². The molecule has 0 fully saturated rings. The second kappa shape index (κ2) is 3.06. The second-order valence-corrected chi connectivity index (χ2v) is 2.92. The van der Waals surface area contributed by atoms with Crippen LogP contribution in [0.3, 0.4) is 0 Å². The Kier molecular flexibility index (Phi) is 1.90. The van der Waals surface area contributed by atoms with Crippen molar-refractivity contribution in [1.82, 2.24) is 15.0 Å². The lowest BCUT2D eigenvalue weighted by atomic mass is 10.3. The van der Waals surface area contributed by atoms with Gasteiger partial charge in [0.15, 0.2) is 5.82 Å². The zero-order valence-electron chi connectivity index (χ0n) is 6.68. The third kappa shape index (κ3) is 1.48. The van der Waals surface area contributed by atoms with E-state index in [4.69, 9.17) is 17.3 Å². The average molecular weight is 195 g/mol. The minimum absolute atomic E-state index is 0.375. The van der Waals surface area contributed by atoms with Gasteiger partial charge in [-0.15, -0.1) is 9.90 Å². The Balaban J connectivity index is 2.52. The summed E-state index contributed by atoms with van der Waals surface area (Å²) in [6.07, 6.45) is 1.48. The first-order valence-corrected chi connectivity index (χ1v) is 4.08. The van der Waals surface area contributed by atoms with Crippen molar-refractivity contribution in [2.75, 3.05) is 5.73 Å². The molecule has 1 aromatic heterocycles. The first-order chi connectivity index (χ1) is 6.27. The summed E-state index contributed by atoms with van der Waals surface area (Å²) in [6, 6.07) is 7.30. The van der Waals surface area contributed by atoms with Gasteiger partial charge in [-0.05, 0) is 12.1 Å². The van der Waals surface area contributed by atoms with Gasteiger partial charge in [0.1, 0.15) is 5.69 Å². The summed E-state index contributed by atoms with van der Waals surface area (Å²) in [6.45, 7) is 0. The molecule has 13 heavy (non-hydrogen) atoms. The van der Waals surface area contributed by atoms with Gasteiger partial charge in [-0.3, -0.25) is 0 Å². The molecule has 4 nitrogen and oxygen atoms in total. The maximum Gasteiger partial charge on any atom is 0.166 e. The van der Waals surface area contributed by atoms with Crippen LogP contribution < -0.4 is 5.73 Å². The molecule has 1 heterocycles. The molecular weight excluding hydrogens is 188 g/mol. The first-order valence-electron chi connectivity index (χ1n) is 3.70. The fourth-order valence-corrected chi connectivity index (χ4v) is 1.22. The van der Waals surface area contributed by atoms with Gasteiger partial charge in [0.25, 0.3) is 0 Å². The Labute approximate surface area is 79.9 Å². The summed E-state index contributed by atoms with van der Waals surface area (Å²) < 4.78 is 0. The highest BCUT2D eigenvalue weighted by Gasteiger charge is 2.03. The highest BCUT2D eigenvalue weighted by Crippen LogP contribution is 2.17. The van der Waals surface area contributed by atoms with E-state index in [9.17, 15) is 0 Å². The smallest absolute Gasteiger partial charge is 0.166 e. The second-order valence-electron chi connectivity index (χ2n) is 2.51. The minimum atomic E-state index is 0.375. The van der Waals surface area contributed by atoms with E-state index < -0.39 is 0 Å². The molecule has 2 aromatic rings. The number of anilines is 1. The van der Waals surface area contributed by atoms with E-state index >= 15 is 0 Å².